The molecular weight excluding hydrogens is 649 g/mol. The second-order valence-corrected chi connectivity index (χ2v) is 14.1. The van der Waals surface area contributed by atoms with Gasteiger partial charge >= 0.3 is 12.1 Å². The van der Waals surface area contributed by atoms with E-state index < -0.39 is 17.7 Å². The number of benzene rings is 1. The molecule has 4 rings (SSSR count). The first-order valence-corrected chi connectivity index (χ1v) is 16.5. The first-order valence-electron chi connectivity index (χ1n) is 15.2. The number of hydrogen-bond donors (Lipinski definition) is 1. The molecule has 1 unspecified atom stereocenters. The zero-order valence-corrected chi connectivity index (χ0v) is 27.8. The second kappa shape index (κ2) is 14.7. The molecule has 10 nitrogen and oxygen atoms in total. The lowest BCUT2D eigenvalue weighted by molar-refractivity contribution is -0.132. The molecule has 3 heterocycles. The van der Waals surface area contributed by atoms with Crippen LogP contribution in [0, 0.1) is 5.92 Å². The van der Waals surface area contributed by atoms with Gasteiger partial charge in [0.15, 0.2) is 5.82 Å². The maximum Gasteiger partial charge on any atom is 0.408 e. The summed E-state index contributed by atoms with van der Waals surface area (Å²) in [5.41, 5.74) is 0.315. The molecule has 0 saturated carbocycles. The number of carbonyl (C=O) groups excluding carboxylic acids is 2. The van der Waals surface area contributed by atoms with Gasteiger partial charge in [-0.25, -0.2) is 4.79 Å². The summed E-state index contributed by atoms with van der Waals surface area (Å²) in [7, 11) is 0. The lowest BCUT2D eigenvalue weighted by Crippen LogP contribution is -2.51. The van der Waals surface area contributed by atoms with Gasteiger partial charge in [0.2, 0.25) is 5.91 Å². The number of alkyl halides is 1. The summed E-state index contributed by atoms with van der Waals surface area (Å²) in [4.78, 5) is 34.5. The van der Waals surface area contributed by atoms with E-state index in [2.05, 4.69) is 56.8 Å². The largest absolute Gasteiger partial charge is 0.494 e. The maximum atomic E-state index is 13.4. The fourth-order valence-electron chi connectivity index (χ4n) is 5.35. The van der Waals surface area contributed by atoms with Gasteiger partial charge in [0, 0.05) is 32.0 Å². The van der Waals surface area contributed by atoms with Crippen molar-refractivity contribution in [3.63, 3.8) is 0 Å². The van der Waals surface area contributed by atoms with Crippen molar-refractivity contribution in [1.29, 1.82) is 0 Å². The predicted molar refractivity (Wildman–Crippen MR) is 170 cm³/mol. The third-order valence-electron chi connectivity index (χ3n) is 7.67. The van der Waals surface area contributed by atoms with E-state index in [-0.39, 0.29) is 15.9 Å². The number of likely N-dealkylation sites (tertiary alicyclic amines) is 1. The number of piperidine rings is 1. The van der Waals surface area contributed by atoms with Gasteiger partial charge in [0.25, 0.3) is 0 Å². The van der Waals surface area contributed by atoms with E-state index >= 15 is 0 Å². The molecule has 11 heteroatoms. The number of hydrogen-bond acceptors (Lipinski definition) is 8. The van der Waals surface area contributed by atoms with Gasteiger partial charge in [-0.3, -0.25) is 4.79 Å². The molecule has 2 aliphatic heterocycles. The van der Waals surface area contributed by atoms with E-state index in [0.717, 1.165) is 68.8 Å². The quantitative estimate of drug-likeness (QED) is 0.130. The van der Waals surface area contributed by atoms with Gasteiger partial charge in [-0.15, -0.1) is 0 Å². The third-order valence-corrected chi connectivity index (χ3v) is 8.97. The Bertz CT molecular complexity index is 1160. The molecule has 0 spiro atoms. The molecule has 232 valence electrons. The first-order chi connectivity index (χ1) is 20.0. The number of halogens is 1. The number of ether oxygens (including phenoxy) is 2. The van der Waals surface area contributed by atoms with Gasteiger partial charge in [-0.1, -0.05) is 53.7 Å². The van der Waals surface area contributed by atoms with E-state index in [0.29, 0.717) is 31.5 Å². The van der Waals surface area contributed by atoms with Crippen LogP contribution in [0.4, 0.5) is 10.8 Å². The van der Waals surface area contributed by atoms with Crippen LogP contribution < -0.4 is 15.0 Å². The van der Waals surface area contributed by atoms with Crippen molar-refractivity contribution in [3.05, 3.63) is 35.7 Å². The SMILES string of the molecule is CC(C)c1noc(N2CCC(CCCOc3ccc(CC(NC(=O)OC(C)(C)C)C(=O)N4CCC[C@H]4I)cc3)CC2)n1. The standard InChI is InChI=1S/C31H46IN5O5/c1-21(2)27-34-29(42-35-27)36-17-14-22(15-18-36)8-7-19-40-24-12-10-23(11-13-24)20-25(33-30(39)41-31(3,4)5)28(38)37-16-6-9-26(37)32/h10-13,21-22,25-26H,6-9,14-20H2,1-5H3,(H,33,39)/t25?,26-/m0/s1. The van der Waals surface area contributed by atoms with Crippen LogP contribution in [-0.2, 0) is 16.0 Å². The second-order valence-electron chi connectivity index (χ2n) is 12.7. The molecule has 0 radical (unpaired) electrons. The Morgan fingerprint density at radius 3 is 2.43 bits per heavy atom. The van der Waals surface area contributed by atoms with Crippen molar-refractivity contribution >= 4 is 40.6 Å². The first kappa shape index (κ1) is 32.3. The van der Waals surface area contributed by atoms with Gasteiger partial charge in [-0.2, -0.15) is 4.98 Å². The topological polar surface area (TPSA) is 110 Å². The molecule has 2 aliphatic rings. The highest BCUT2D eigenvalue weighted by Crippen LogP contribution is 2.27. The molecule has 1 aromatic heterocycles. The Hall–Kier alpha value is -2.57. The normalized spacial score (nSPS) is 18.8. The minimum absolute atomic E-state index is 0.0682. The Balaban J connectivity index is 1.21. The van der Waals surface area contributed by atoms with Crippen molar-refractivity contribution < 1.29 is 23.6 Å². The van der Waals surface area contributed by atoms with E-state index in [1.807, 2.05) is 49.9 Å². The predicted octanol–water partition coefficient (Wildman–Crippen LogP) is 6.09. The van der Waals surface area contributed by atoms with Crippen LogP contribution in [0.2, 0.25) is 0 Å². The Morgan fingerprint density at radius 1 is 1.12 bits per heavy atom. The lowest BCUT2D eigenvalue weighted by Gasteiger charge is -2.30. The summed E-state index contributed by atoms with van der Waals surface area (Å²) in [6.07, 6.45) is 6.10. The van der Waals surface area contributed by atoms with Crippen molar-refractivity contribution in [2.24, 2.45) is 5.92 Å². The number of nitrogens with zero attached hydrogens (tertiary/aromatic N) is 4. The average molecular weight is 696 g/mol. The highest BCUT2D eigenvalue weighted by Gasteiger charge is 2.33. The number of amides is 2. The molecule has 2 saturated heterocycles. The van der Waals surface area contributed by atoms with Crippen molar-refractivity contribution in [1.82, 2.24) is 20.4 Å². The molecule has 1 N–H and O–H groups in total. The number of nitrogens with one attached hydrogen (secondary N) is 1. The molecule has 2 atom stereocenters. The molecule has 0 aliphatic carbocycles. The summed E-state index contributed by atoms with van der Waals surface area (Å²) < 4.78 is 17.1. The van der Waals surface area contributed by atoms with Crippen LogP contribution in [0.1, 0.15) is 90.4 Å². The number of carbonyl (C=O) groups is 2. The smallest absolute Gasteiger partial charge is 0.408 e. The van der Waals surface area contributed by atoms with E-state index in [4.69, 9.17) is 14.0 Å². The minimum atomic E-state index is -0.689. The van der Waals surface area contributed by atoms with Crippen LogP contribution in [-0.4, -0.2) is 69.0 Å². The molecule has 2 aromatic rings. The average Bonchev–Trinajstić information content (AvgIpc) is 3.60. The Morgan fingerprint density at radius 2 is 1.83 bits per heavy atom. The highest BCUT2D eigenvalue weighted by molar-refractivity contribution is 14.1. The van der Waals surface area contributed by atoms with Crippen LogP contribution >= 0.6 is 22.6 Å². The number of anilines is 1. The van der Waals surface area contributed by atoms with E-state index in [1.165, 1.54) is 0 Å². The zero-order valence-electron chi connectivity index (χ0n) is 25.6. The van der Waals surface area contributed by atoms with Gasteiger partial charge in [0.1, 0.15) is 17.4 Å². The third kappa shape index (κ3) is 9.47. The number of aromatic nitrogens is 2. The summed E-state index contributed by atoms with van der Waals surface area (Å²) in [5, 5.41) is 6.91. The lowest BCUT2D eigenvalue weighted by atomic mass is 9.92. The number of alkyl carbamates (subject to hydrolysis) is 1. The Kier molecular flexibility index (Phi) is 11.4. The molecule has 1 aromatic carbocycles. The minimum Gasteiger partial charge on any atom is -0.494 e. The van der Waals surface area contributed by atoms with Crippen LogP contribution in [0.3, 0.4) is 0 Å². The highest BCUT2D eigenvalue weighted by atomic mass is 127. The summed E-state index contributed by atoms with van der Waals surface area (Å²) in [6, 6.07) is 7.77. The van der Waals surface area contributed by atoms with Crippen LogP contribution in [0.5, 0.6) is 5.75 Å². The van der Waals surface area contributed by atoms with E-state index in [1.54, 1.807) is 0 Å². The van der Waals surface area contributed by atoms with Crippen molar-refractivity contribution in [3.8, 4) is 5.75 Å². The molecule has 42 heavy (non-hydrogen) atoms. The van der Waals surface area contributed by atoms with Crippen molar-refractivity contribution in [2.45, 2.75) is 101 Å². The van der Waals surface area contributed by atoms with Crippen molar-refractivity contribution in [2.75, 3.05) is 31.1 Å². The molecule has 0 bridgehead atoms. The van der Waals surface area contributed by atoms with E-state index in [9.17, 15) is 9.59 Å². The van der Waals surface area contributed by atoms with Gasteiger partial charge in [0.05, 0.1) is 10.7 Å². The maximum absolute atomic E-state index is 13.4. The van der Waals surface area contributed by atoms with Gasteiger partial charge in [-0.05, 0) is 82.9 Å². The summed E-state index contributed by atoms with van der Waals surface area (Å²) in [5.74, 6) is 2.44. The zero-order chi connectivity index (χ0) is 30.3. The Labute approximate surface area is 263 Å². The van der Waals surface area contributed by atoms with Crippen LogP contribution in [0.25, 0.3) is 0 Å². The summed E-state index contributed by atoms with van der Waals surface area (Å²) in [6.45, 7) is 12.8. The fourth-order valence-corrected chi connectivity index (χ4v) is 6.34. The monoisotopic (exact) mass is 695 g/mol. The molecule has 2 fully saturated rings. The van der Waals surface area contributed by atoms with Gasteiger partial charge < -0.3 is 29.1 Å². The fraction of sp³-hybridized carbons (Fsp3) is 0.677. The summed E-state index contributed by atoms with van der Waals surface area (Å²) >= 11 is 2.30. The number of rotatable bonds is 11. The van der Waals surface area contributed by atoms with Crippen LogP contribution in [0.15, 0.2) is 28.8 Å². The molecule has 2 amide bonds. The molecular formula is C31H46IN5O5.